The predicted molar refractivity (Wildman–Crippen MR) is 78.6 cm³/mol. The zero-order chi connectivity index (χ0) is 13.1. The predicted octanol–water partition coefficient (Wildman–Crippen LogP) is 3.62. The Kier molecular flexibility index (Phi) is 5.28. The van der Waals surface area contributed by atoms with Gasteiger partial charge in [0.1, 0.15) is 5.60 Å². The summed E-state index contributed by atoms with van der Waals surface area (Å²) in [6, 6.07) is 0. The molecule has 0 saturated carbocycles. The molecule has 1 amide bonds. The maximum atomic E-state index is 11.9. The molecule has 1 aliphatic heterocycles. The number of carbonyl (C=O) groups excluding carboxylic acids is 1. The molecule has 17 heavy (non-hydrogen) atoms. The molecular weight excluding hydrogens is 329 g/mol. The first kappa shape index (κ1) is 14.8. The third kappa shape index (κ3) is 4.85. The van der Waals surface area contributed by atoms with Crippen LogP contribution in [0.4, 0.5) is 4.79 Å². The highest BCUT2D eigenvalue weighted by Crippen LogP contribution is 2.26. The minimum Gasteiger partial charge on any atom is -0.444 e. The van der Waals surface area contributed by atoms with Crippen LogP contribution in [0.15, 0.2) is 12.2 Å². The summed E-state index contributed by atoms with van der Waals surface area (Å²) in [6.07, 6.45) is 1.97. The summed E-state index contributed by atoms with van der Waals surface area (Å²) in [6.45, 7) is 11.2. The molecule has 0 N–H and O–H groups in total. The highest BCUT2D eigenvalue weighted by molar-refractivity contribution is 14.1. The molecule has 4 heteroatoms. The van der Waals surface area contributed by atoms with Gasteiger partial charge in [0, 0.05) is 17.5 Å². The average Bonchev–Trinajstić information content (AvgIpc) is 2.18. The number of nitrogens with zero attached hydrogens (tertiary/aromatic N) is 1. The van der Waals surface area contributed by atoms with E-state index in [-0.39, 0.29) is 6.09 Å². The van der Waals surface area contributed by atoms with E-state index in [1.54, 1.807) is 4.90 Å². The van der Waals surface area contributed by atoms with E-state index < -0.39 is 5.60 Å². The van der Waals surface area contributed by atoms with Gasteiger partial charge in [0.15, 0.2) is 0 Å². The van der Waals surface area contributed by atoms with E-state index in [4.69, 9.17) is 4.74 Å². The van der Waals surface area contributed by atoms with Crippen LogP contribution >= 0.6 is 22.6 Å². The van der Waals surface area contributed by atoms with Crippen molar-refractivity contribution in [3.8, 4) is 0 Å². The SMILES string of the molecule is C=C1CN(C(=O)OC(C)(C)C)CCC1CCI. The van der Waals surface area contributed by atoms with Gasteiger partial charge in [-0.05, 0) is 39.5 Å². The van der Waals surface area contributed by atoms with Crippen molar-refractivity contribution in [3.63, 3.8) is 0 Å². The van der Waals surface area contributed by atoms with Crippen LogP contribution in [-0.2, 0) is 4.74 Å². The lowest BCUT2D eigenvalue weighted by molar-refractivity contribution is 0.0229. The lowest BCUT2D eigenvalue weighted by Gasteiger charge is -2.34. The summed E-state index contributed by atoms with van der Waals surface area (Å²) >= 11 is 2.39. The number of alkyl halides is 1. The van der Waals surface area contributed by atoms with Gasteiger partial charge >= 0.3 is 6.09 Å². The Morgan fingerprint density at radius 3 is 2.71 bits per heavy atom. The number of carbonyl (C=O) groups is 1. The molecule has 0 aromatic heterocycles. The van der Waals surface area contributed by atoms with Gasteiger partial charge in [0.25, 0.3) is 0 Å². The lowest BCUT2D eigenvalue weighted by atomic mass is 9.90. The maximum absolute atomic E-state index is 11.9. The van der Waals surface area contributed by atoms with Crippen molar-refractivity contribution in [1.82, 2.24) is 4.90 Å². The summed E-state index contributed by atoms with van der Waals surface area (Å²) in [7, 11) is 0. The first-order valence-electron chi connectivity index (χ1n) is 6.05. The van der Waals surface area contributed by atoms with E-state index in [9.17, 15) is 4.79 Å². The van der Waals surface area contributed by atoms with Crippen LogP contribution in [0.1, 0.15) is 33.6 Å². The number of likely N-dealkylation sites (tertiary alicyclic amines) is 1. The number of rotatable bonds is 2. The van der Waals surface area contributed by atoms with Gasteiger partial charge < -0.3 is 9.64 Å². The maximum Gasteiger partial charge on any atom is 0.410 e. The number of hydrogen-bond donors (Lipinski definition) is 0. The number of piperidine rings is 1. The molecule has 0 spiro atoms. The topological polar surface area (TPSA) is 29.5 Å². The van der Waals surface area contributed by atoms with E-state index in [0.717, 1.165) is 17.4 Å². The fourth-order valence-corrected chi connectivity index (χ4v) is 2.68. The zero-order valence-corrected chi connectivity index (χ0v) is 13.1. The van der Waals surface area contributed by atoms with Crippen molar-refractivity contribution in [2.45, 2.75) is 39.2 Å². The van der Waals surface area contributed by atoms with E-state index >= 15 is 0 Å². The third-order valence-electron chi connectivity index (χ3n) is 2.83. The monoisotopic (exact) mass is 351 g/mol. The lowest BCUT2D eigenvalue weighted by Crippen LogP contribution is -2.42. The zero-order valence-electron chi connectivity index (χ0n) is 11.0. The van der Waals surface area contributed by atoms with Crippen molar-refractivity contribution < 1.29 is 9.53 Å². The van der Waals surface area contributed by atoms with Crippen molar-refractivity contribution in [2.75, 3.05) is 17.5 Å². The van der Waals surface area contributed by atoms with Gasteiger partial charge in [-0.2, -0.15) is 0 Å². The Hall–Kier alpha value is -0.260. The van der Waals surface area contributed by atoms with Gasteiger partial charge in [0.05, 0.1) is 0 Å². The minimum atomic E-state index is -0.419. The highest BCUT2D eigenvalue weighted by Gasteiger charge is 2.28. The number of halogens is 1. The Balaban J connectivity index is 2.49. The smallest absolute Gasteiger partial charge is 0.410 e. The molecule has 0 aromatic carbocycles. The van der Waals surface area contributed by atoms with Gasteiger partial charge in [-0.25, -0.2) is 4.79 Å². The highest BCUT2D eigenvalue weighted by atomic mass is 127. The second-order valence-corrected chi connectivity index (χ2v) is 6.60. The van der Waals surface area contributed by atoms with Gasteiger partial charge in [-0.1, -0.05) is 34.7 Å². The Morgan fingerprint density at radius 2 is 2.24 bits per heavy atom. The van der Waals surface area contributed by atoms with Crippen LogP contribution in [0, 0.1) is 5.92 Å². The van der Waals surface area contributed by atoms with Crippen molar-refractivity contribution >= 4 is 28.7 Å². The van der Waals surface area contributed by atoms with Crippen molar-refractivity contribution in [2.24, 2.45) is 5.92 Å². The molecule has 0 aliphatic carbocycles. The summed E-state index contributed by atoms with van der Waals surface area (Å²) in [5.41, 5.74) is 0.746. The van der Waals surface area contributed by atoms with E-state index in [1.165, 1.54) is 12.0 Å². The third-order valence-corrected chi connectivity index (χ3v) is 3.45. The van der Waals surface area contributed by atoms with E-state index in [0.29, 0.717) is 12.5 Å². The second-order valence-electron chi connectivity index (χ2n) is 5.52. The largest absolute Gasteiger partial charge is 0.444 e. The fraction of sp³-hybridized carbons (Fsp3) is 0.769. The first-order chi connectivity index (χ1) is 7.83. The first-order valence-corrected chi connectivity index (χ1v) is 7.57. The Bertz CT molecular complexity index is 296. The van der Waals surface area contributed by atoms with Crippen LogP contribution < -0.4 is 0 Å². The molecule has 98 valence electrons. The van der Waals surface area contributed by atoms with Crippen LogP contribution in [-0.4, -0.2) is 34.1 Å². The molecule has 0 radical (unpaired) electrons. The molecule has 1 atom stereocenters. The molecule has 1 rings (SSSR count). The van der Waals surface area contributed by atoms with Crippen LogP contribution in [0.3, 0.4) is 0 Å². The Morgan fingerprint density at radius 1 is 1.59 bits per heavy atom. The molecule has 1 aliphatic rings. The normalized spacial score (nSPS) is 21.5. The van der Waals surface area contributed by atoms with Crippen molar-refractivity contribution in [1.29, 1.82) is 0 Å². The standard InChI is InChI=1S/C13H22INO2/c1-10-9-15(8-6-11(10)5-7-14)12(16)17-13(2,3)4/h11H,1,5-9H2,2-4H3. The van der Waals surface area contributed by atoms with Crippen LogP contribution in [0.25, 0.3) is 0 Å². The van der Waals surface area contributed by atoms with Crippen LogP contribution in [0.2, 0.25) is 0 Å². The average molecular weight is 351 g/mol. The summed E-state index contributed by atoms with van der Waals surface area (Å²) in [4.78, 5) is 13.6. The van der Waals surface area contributed by atoms with E-state index in [2.05, 4.69) is 29.2 Å². The molecule has 1 saturated heterocycles. The van der Waals surface area contributed by atoms with E-state index in [1.807, 2.05) is 20.8 Å². The quantitative estimate of drug-likeness (QED) is 0.432. The summed E-state index contributed by atoms with van der Waals surface area (Å²) in [5.74, 6) is 0.575. The van der Waals surface area contributed by atoms with Crippen LogP contribution in [0.5, 0.6) is 0 Å². The fourth-order valence-electron chi connectivity index (χ4n) is 1.93. The van der Waals surface area contributed by atoms with Crippen molar-refractivity contribution in [3.05, 3.63) is 12.2 Å². The minimum absolute atomic E-state index is 0.216. The second kappa shape index (κ2) is 6.07. The molecule has 0 bridgehead atoms. The molecule has 0 aromatic rings. The van der Waals surface area contributed by atoms with Gasteiger partial charge in [-0.3, -0.25) is 0 Å². The molecular formula is C13H22INO2. The van der Waals surface area contributed by atoms with Gasteiger partial charge in [-0.15, -0.1) is 0 Å². The molecule has 3 nitrogen and oxygen atoms in total. The summed E-state index contributed by atoms with van der Waals surface area (Å²) in [5, 5.41) is 0. The molecule has 1 heterocycles. The number of ether oxygens (including phenoxy) is 1. The Labute approximate surface area is 118 Å². The number of amides is 1. The summed E-state index contributed by atoms with van der Waals surface area (Å²) < 4.78 is 6.51. The molecule has 1 fully saturated rings. The van der Waals surface area contributed by atoms with Gasteiger partial charge in [0.2, 0.25) is 0 Å². The molecule has 1 unspecified atom stereocenters. The number of hydrogen-bond acceptors (Lipinski definition) is 2.